The van der Waals surface area contributed by atoms with E-state index in [2.05, 4.69) is 0 Å². The third-order valence-corrected chi connectivity index (χ3v) is 3.52. The molecule has 1 aliphatic rings. The quantitative estimate of drug-likeness (QED) is 0.891. The predicted octanol–water partition coefficient (Wildman–Crippen LogP) is 3.55. The van der Waals surface area contributed by atoms with Crippen LogP contribution in [0.4, 0.5) is 0 Å². The van der Waals surface area contributed by atoms with Gasteiger partial charge < -0.3 is 10.5 Å². The summed E-state index contributed by atoms with van der Waals surface area (Å²) in [7, 11) is 0. The summed E-state index contributed by atoms with van der Waals surface area (Å²) in [6.45, 7) is 0.626. The normalized spacial score (nSPS) is 17.1. The highest BCUT2D eigenvalue weighted by Crippen LogP contribution is 2.28. The summed E-state index contributed by atoms with van der Waals surface area (Å²) in [4.78, 5) is 0. The molecule has 1 saturated carbocycles. The van der Waals surface area contributed by atoms with E-state index in [-0.39, 0.29) is 0 Å². The first-order chi connectivity index (χ1) is 8.29. The molecule has 3 heteroatoms. The molecule has 0 spiro atoms. The van der Waals surface area contributed by atoms with Crippen molar-refractivity contribution in [2.45, 2.75) is 44.6 Å². The first-order valence-corrected chi connectivity index (χ1v) is 6.82. The van der Waals surface area contributed by atoms with Gasteiger partial charge in [-0.2, -0.15) is 0 Å². The van der Waals surface area contributed by atoms with E-state index < -0.39 is 0 Å². The van der Waals surface area contributed by atoms with Crippen molar-refractivity contribution in [3.8, 4) is 5.75 Å². The Hall–Kier alpha value is -0.730. The third-order valence-electron chi connectivity index (χ3n) is 3.28. The maximum absolute atomic E-state index is 6.08. The van der Waals surface area contributed by atoms with E-state index in [4.69, 9.17) is 22.1 Å². The zero-order chi connectivity index (χ0) is 12.1. The Kier molecular flexibility index (Phi) is 4.69. The van der Waals surface area contributed by atoms with E-state index in [0.29, 0.717) is 12.6 Å². The third kappa shape index (κ3) is 3.62. The van der Waals surface area contributed by atoms with E-state index in [1.165, 1.54) is 32.1 Å². The average Bonchev–Trinajstić information content (AvgIpc) is 2.34. The van der Waals surface area contributed by atoms with Gasteiger partial charge in [0.15, 0.2) is 0 Å². The Morgan fingerprint density at radius 2 is 2.00 bits per heavy atom. The van der Waals surface area contributed by atoms with Gasteiger partial charge in [-0.3, -0.25) is 0 Å². The molecule has 2 nitrogen and oxygen atoms in total. The second-order valence-electron chi connectivity index (χ2n) is 4.67. The van der Waals surface area contributed by atoms with Gasteiger partial charge in [0.05, 0.1) is 6.10 Å². The molecular weight excluding hydrogens is 234 g/mol. The van der Waals surface area contributed by atoms with Gasteiger partial charge in [0, 0.05) is 5.02 Å². The van der Waals surface area contributed by atoms with Crippen LogP contribution in [0.1, 0.15) is 37.7 Å². The summed E-state index contributed by atoms with van der Waals surface area (Å²) >= 11 is 6.00. The van der Waals surface area contributed by atoms with Crippen molar-refractivity contribution < 1.29 is 4.74 Å². The molecule has 0 amide bonds. The number of nitrogens with two attached hydrogens (primary N) is 1. The molecular formula is C14H20ClNO. The average molecular weight is 254 g/mol. The Labute approximate surface area is 108 Å². The lowest BCUT2D eigenvalue weighted by Crippen LogP contribution is -2.20. The number of rotatable bonds is 4. The van der Waals surface area contributed by atoms with E-state index >= 15 is 0 Å². The van der Waals surface area contributed by atoms with Crippen LogP contribution >= 0.6 is 11.6 Å². The van der Waals surface area contributed by atoms with E-state index in [1.54, 1.807) is 0 Å². The first-order valence-electron chi connectivity index (χ1n) is 6.45. The zero-order valence-corrected chi connectivity index (χ0v) is 10.9. The Bertz CT molecular complexity index is 361. The number of hydrogen-bond acceptors (Lipinski definition) is 2. The van der Waals surface area contributed by atoms with Crippen LogP contribution in [0.2, 0.25) is 5.02 Å². The second-order valence-corrected chi connectivity index (χ2v) is 5.11. The maximum Gasteiger partial charge on any atom is 0.123 e. The molecule has 1 fully saturated rings. The fraction of sp³-hybridized carbons (Fsp3) is 0.571. The summed E-state index contributed by atoms with van der Waals surface area (Å²) in [6.07, 6.45) is 7.45. The highest BCUT2D eigenvalue weighted by molar-refractivity contribution is 6.30. The van der Waals surface area contributed by atoms with Crippen LogP contribution in [0.25, 0.3) is 0 Å². The van der Waals surface area contributed by atoms with Crippen LogP contribution in [0.5, 0.6) is 5.75 Å². The van der Waals surface area contributed by atoms with Crippen LogP contribution in [-0.2, 0) is 6.42 Å². The van der Waals surface area contributed by atoms with Crippen molar-refractivity contribution in [2.24, 2.45) is 5.73 Å². The van der Waals surface area contributed by atoms with E-state index in [0.717, 1.165) is 22.8 Å². The summed E-state index contributed by atoms with van der Waals surface area (Å²) in [6, 6.07) is 5.83. The van der Waals surface area contributed by atoms with Crippen molar-refractivity contribution in [3.63, 3.8) is 0 Å². The standard InChI is InChI=1S/C14H20ClNO/c15-12-6-7-14(11(10-12)8-9-16)17-13-4-2-1-3-5-13/h6-7,10,13H,1-5,8-9,16H2. The largest absolute Gasteiger partial charge is 0.490 e. The minimum atomic E-state index is 0.376. The molecule has 0 bridgehead atoms. The van der Waals surface area contributed by atoms with Crippen molar-refractivity contribution >= 4 is 11.6 Å². The van der Waals surface area contributed by atoms with Crippen molar-refractivity contribution in [1.29, 1.82) is 0 Å². The summed E-state index contributed by atoms with van der Waals surface area (Å²) in [5, 5.41) is 0.754. The molecule has 0 aromatic heterocycles. The molecule has 1 aliphatic carbocycles. The molecule has 0 aliphatic heterocycles. The Balaban J connectivity index is 2.07. The number of ether oxygens (including phenoxy) is 1. The van der Waals surface area contributed by atoms with Crippen LogP contribution in [0.3, 0.4) is 0 Å². The molecule has 94 valence electrons. The first kappa shape index (κ1) is 12.7. The summed E-state index contributed by atoms with van der Waals surface area (Å²) in [5.74, 6) is 0.965. The summed E-state index contributed by atoms with van der Waals surface area (Å²) < 4.78 is 6.08. The van der Waals surface area contributed by atoms with Gasteiger partial charge in [0.1, 0.15) is 5.75 Å². The smallest absolute Gasteiger partial charge is 0.123 e. The van der Waals surface area contributed by atoms with Crippen molar-refractivity contribution in [2.75, 3.05) is 6.54 Å². The van der Waals surface area contributed by atoms with E-state index in [1.807, 2.05) is 18.2 Å². The fourth-order valence-electron chi connectivity index (χ4n) is 2.38. The second kappa shape index (κ2) is 6.27. The SMILES string of the molecule is NCCc1cc(Cl)ccc1OC1CCCCC1. The van der Waals surface area contributed by atoms with Crippen LogP contribution in [-0.4, -0.2) is 12.6 Å². The monoisotopic (exact) mass is 253 g/mol. The molecule has 0 unspecified atom stereocenters. The van der Waals surface area contributed by atoms with E-state index in [9.17, 15) is 0 Å². The lowest BCUT2D eigenvalue weighted by atomic mass is 9.97. The number of halogens is 1. The molecule has 2 rings (SSSR count). The van der Waals surface area contributed by atoms with Gasteiger partial charge in [-0.15, -0.1) is 0 Å². The van der Waals surface area contributed by atoms with Crippen LogP contribution in [0, 0.1) is 0 Å². The highest BCUT2D eigenvalue weighted by atomic mass is 35.5. The maximum atomic E-state index is 6.08. The Morgan fingerprint density at radius 1 is 1.24 bits per heavy atom. The minimum absolute atomic E-state index is 0.376. The van der Waals surface area contributed by atoms with Gasteiger partial charge in [-0.25, -0.2) is 0 Å². The van der Waals surface area contributed by atoms with Crippen LogP contribution < -0.4 is 10.5 Å². The molecule has 0 radical (unpaired) electrons. The molecule has 0 atom stereocenters. The van der Waals surface area contributed by atoms with Gasteiger partial charge in [-0.1, -0.05) is 18.0 Å². The predicted molar refractivity (Wildman–Crippen MR) is 71.7 cm³/mol. The van der Waals surface area contributed by atoms with Crippen LogP contribution in [0.15, 0.2) is 18.2 Å². The molecule has 0 saturated heterocycles. The number of benzene rings is 1. The zero-order valence-electron chi connectivity index (χ0n) is 10.1. The van der Waals surface area contributed by atoms with Crippen molar-refractivity contribution in [3.05, 3.63) is 28.8 Å². The lowest BCUT2D eigenvalue weighted by molar-refractivity contribution is 0.153. The molecule has 1 aromatic carbocycles. The number of hydrogen-bond donors (Lipinski definition) is 1. The molecule has 0 heterocycles. The fourth-order valence-corrected chi connectivity index (χ4v) is 2.57. The highest BCUT2D eigenvalue weighted by Gasteiger charge is 2.16. The summed E-state index contributed by atoms with van der Waals surface area (Å²) in [5.41, 5.74) is 6.74. The van der Waals surface area contributed by atoms with Gasteiger partial charge in [0.2, 0.25) is 0 Å². The molecule has 17 heavy (non-hydrogen) atoms. The minimum Gasteiger partial charge on any atom is -0.490 e. The Morgan fingerprint density at radius 3 is 2.71 bits per heavy atom. The van der Waals surface area contributed by atoms with Gasteiger partial charge >= 0.3 is 0 Å². The van der Waals surface area contributed by atoms with Crippen molar-refractivity contribution in [1.82, 2.24) is 0 Å². The molecule has 2 N–H and O–H groups in total. The lowest BCUT2D eigenvalue weighted by Gasteiger charge is -2.24. The molecule has 1 aromatic rings. The van der Waals surface area contributed by atoms with Gasteiger partial charge in [-0.05, 0) is 62.4 Å². The topological polar surface area (TPSA) is 35.2 Å². The van der Waals surface area contributed by atoms with Gasteiger partial charge in [0.25, 0.3) is 0 Å².